The van der Waals surface area contributed by atoms with Crippen LogP contribution in [0.1, 0.15) is 44.8 Å². The Bertz CT molecular complexity index is 397. The van der Waals surface area contributed by atoms with Crippen molar-refractivity contribution >= 4 is 0 Å². The highest BCUT2D eigenvalue weighted by molar-refractivity contribution is 5.15. The SMILES string of the molecule is CC(C)(C)Cc1noc(C2CC2C#N)n1. The molecule has 1 aromatic rings. The number of nitriles is 1. The predicted octanol–water partition coefficient (Wildman–Crippen LogP) is 2.29. The lowest BCUT2D eigenvalue weighted by molar-refractivity contribution is 0.354. The Morgan fingerprint density at radius 2 is 2.27 bits per heavy atom. The van der Waals surface area contributed by atoms with Gasteiger partial charge in [-0.1, -0.05) is 25.9 Å². The second-order valence-electron chi connectivity index (χ2n) is 5.36. The molecule has 0 radical (unpaired) electrons. The zero-order chi connectivity index (χ0) is 11.1. The topological polar surface area (TPSA) is 62.7 Å². The maximum atomic E-state index is 8.69. The van der Waals surface area contributed by atoms with Crippen molar-refractivity contribution in [2.24, 2.45) is 11.3 Å². The summed E-state index contributed by atoms with van der Waals surface area (Å²) in [5, 5.41) is 12.6. The van der Waals surface area contributed by atoms with Crippen molar-refractivity contribution in [2.45, 2.75) is 39.5 Å². The molecular weight excluding hydrogens is 190 g/mol. The van der Waals surface area contributed by atoms with Gasteiger partial charge in [0.2, 0.25) is 5.89 Å². The lowest BCUT2D eigenvalue weighted by Crippen LogP contribution is -2.10. The Morgan fingerprint density at radius 3 is 2.80 bits per heavy atom. The van der Waals surface area contributed by atoms with Gasteiger partial charge in [-0.2, -0.15) is 10.2 Å². The summed E-state index contributed by atoms with van der Waals surface area (Å²) in [5.74, 6) is 1.67. The summed E-state index contributed by atoms with van der Waals surface area (Å²) in [5.41, 5.74) is 0.166. The highest BCUT2D eigenvalue weighted by Crippen LogP contribution is 2.46. The van der Waals surface area contributed by atoms with E-state index in [9.17, 15) is 0 Å². The number of hydrogen-bond donors (Lipinski definition) is 0. The van der Waals surface area contributed by atoms with Gasteiger partial charge in [-0.3, -0.25) is 0 Å². The van der Waals surface area contributed by atoms with E-state index >= 15 is 0 Å². The molecule has 1 fully saturated rings. The van der Waals surface area contributed by atoms with E-state index in [1.807, 2.05) is 0 Å². The summed E-state index contributed by atoms with van der Waals surface area (Å²) in [6.45, 7) is 6.41. The molecule has 0 aromatic carbocycles. The van der Waals surface area contributed by atoms with Gasteiger partial charge < -0.3 is 4.52 Å². The molecule has 0 saturated heterocycles. The van der Waals surface area contributed by atoms with Gasteiger partial charge in [0, 0.05) is 6.42 Å². The van der Waals surface area contributed by atoms with Crippen LogP contribution in [0.3, 0.4) is 0 Å². The van der Waals surface area contributed by atoms with Gasteiger partial charge in [0.1, 0.15) is 0 Å². The molecular formula is C11H15N3O. The molecule has 0 spiro atoms. The molecule has 1 aromatic heterocycles. The maximum Gasteiger partial charge on any atom is 0.231 e. The molecule has 2 unspecified atom stereocenters. The van der Waals surface area contributed by atoms with Crippen molar-refractivity contribution in [3.8, 4) is 6.07 Å². The Balaban J connectivity index is 2.03. The molecule has 80 valence electrons. The maximum absolute atomic E-state index is 8.69. The Hall–Kier alpha value is -1.37. The van der Waals surface area contributed by atoms with Crippen molar-refractivity contribution in [1.82, 2.24) is 10.1 Å². The van der Waals surface area contributed by atoms with Crippen LogP contribution in [0, 0.1) is 22.7 Å². The predicted molar refractivity (Wildman–Crippen MR) is 53.9 cm³/mol. The first-order chi connectivity index (χ1) is 6.99. The highest BCUT2D eigenvalue weighted by atomic mass is 16.5. The molecule has 1 aliphatic carbocycles. The zero-order valence-corrected chi connectivity index (χ0v) is 9.32. The largest absolute Gasteiger partial charge is 0.339 e. The smallest absolute Gasteiger partial charge is 0.231 e. The fourth-order valence-electron chi connectivity index (χ4n) is 1.57. The first-order valence-electron chi connectivity index (χ1n) is 5.22. The second kappa shape index (κ2) is 3.34. The van der Waals surface area contributed by atoms with E-state index in [-0.39, 0.29) is 17.3 Å². The minimum atomic E-state index is 0.0907. The first-order valence-corrected chi connectivity index (χ1v) is 5.22. The standard InChI is InChI=1S/C11H15N3O/c1-11(2,3)5-9-13-10(15-14-9)8-4-7(8)6-12/h7-8H,4-5H2,1-3H3. The summed E-state index contributed by atoms with van der Waals surface area (Å²) < 4.78 is 5.15. The van der Waals surface area contributed by atoms with Crippen LogP contribution in [-0.4, -0.2) is 10.1 Å². The lowest BCUT2D eigenvalue weighted by atomic mass is 9.92. The molecule has 2 rings (SSSR count). The molecule has 4 nitrogen and oxygen atoms in total. The van der Waals surface area contributed by atoms with E-state index in [4.69, 9.17) is 9.78 Å². The zero-order valence-electron chi connectivity index (χ0n) is 9.32. The van der Waals surface area contributed by atoms with Crippen LogP contribution in [0.25, 0.3) is 0 Å². The van der Waals surface area contributed by atoms with Gasteiger partial charge in [0.05, 0.1) is 17.9 Å². The van der Waals surface area contributed by atoms with Gasteiger partial charge >= 0.3 is 0 Å². The quantitative estimate of drug-likeness (QED) is 0.743. The van der Waals surface area contributed by atoms with E-state index in [0.29, 0.717) is 5.89 Å². The van der Waals surface area contributed by atoms with Gasteiger partial charge in [-0.15, -0.1) is 0 Å². The number of nitrogens with zero attached hydrogens (tertiary/aromatic N) is 3. The lowest BCUT2D eigenvalue weighted by Gasteiger charge is -2.14. The first kappa shape index (κ1) is 10.2. The molecule has 15 heavy (non-hydrogen) atoms. The third-order valence-corrected chi connectivity index (χ3v) is 2.45. The summed E-state index contributed by atoms with van der Waals surface area (Å²) in [6.07, 6.45) is 1.67. The molecule has 0 aliphatic heterocycles. The van der Waals surface area contributed by atoms with Crippen molar-refractivity contribution in [3.63, 3.8) is 0 Å². The monoisotopic (exact) mass is 205 g/mol. The van der Waals surface area contributed by atoms with Crippen LogP contribution in [-0.2, 0) is 6.42 Å². The van der Waals surface area contributed by atoms with Gasteiger partial charge in [-0.25, -0.2) is 0 Å². The molecule has 0 amide bonds. The third kappa shape index (κ3) is 2.35. The van der Waals surface area contributed by atoms with Crippen molar-refractivity contribution in [1.29, 1.82) is 5.26 Å². The molecule has 1 aliphatic rings. The summed E-state index contributed by atoms with van der Waals surface area (Å²) in [6, 6.07) is 2.22. The Morgan fingerprint density at radius 1 is 1.53 bits per heavy atom. The second-order valence-corrected chi connectivity index (χ2v) is 5.36. The highest BCUT2D eigenvalue weighted by Gasteiger charge is 2.43. The third-order valence-electron chi connectivity index (χ3n) is 2.45. The summed E-state index contributed by atoms with van der Waals surface area (Å²) in [7, 11) is 0. The van der Waals surface area contributed by atoms with Crippen LogP contribution in [0.5, 0.6) is 0 Å². The minimum absolute atomic E-state index is 0.0907. The van der Waals surface area contributed by atoms with Crippen LogP contribution in [0.15, 0.2) is 4.52 Å². The Kier molecular flexibility index (Phi) is 2.26. The molecule has 0 N–H and O–H groups in total. The van der Waals surface area contributed by atoms with E-state index in [1.165, 1.54) is 0 Å². The van der Waals surface area contributed by atoms with E-state index in [2.05, 4.69) is 37.0 Å². The average molecular weight is 205 g/mol. The van der Waals surface area contributed by atoms with E-state index < -0.39 is 0 Å². The molecule has 1 saturated carbocycles. The van der Waals surface area contributed by atoms with Crippen LogP contribution in [0.4, 0.5) is 0 Å². The van der Waals surface area contributed by atoms with Crippen LogP contribution >= 0.6 is 0 Å². The van der Waals surface area contributed by atoms with Gasteiger partial charge in [0.15, 0.2) is 5.82 Å². The Labute approximate surface area is 89.3 Å². The summed E-state index contributed by atoms with van der Waals surface area (Å²) in [4.78, 5) is 4.33. The molecule has 0 bridgehead atoms. The van der Waals surface area contributed by atoms with Crippen molar-refractivity contribution in [2.75, 3.05) is 0 Å². The molecule has 2 atom stereocenters. The average Bonchev–Trinajstić information content (AvgIpc) is 2.78. The number of rotatable bonds is 2. The van der Waals surface area contributed by atoms with Crippen molar-refractivity contribution in [3.05, 3.63) is 11.7 Å². The van der Waals surface area contributed by atoms with Crippen molar-refractivity contribution < 1.29 is 4.52 Å². The molecule has 4 heteroatoms. The van der Waals surface area contributed by atoms with Gasteiger partial charge in [0.25, 0.3) is 0 Å². The van der Waals surface area contributed by atoms with E-state index in [0.717, 1.165) is 18.7 Å². The number of hydrogen-bond acceptors (Lipinski definition) is 4. The fourth-order valence-corrected chi connectivity index (χ4v) is 1.57. The number of aromatic nitrogens is 2. The minimum Gasteiger partial charge on any atom is -0.339 e. The summed E-state index contributed by atoms with van der Waals surface area (Å²) >= 11 is 0. The van der Waals surface area contributed by atoms with Crippen LogP contribution < -0.4 is 0 Å². The van der Waals surface area contributed by atoms with E-state index in [1.54, 1.807) is 0 Å². The fraction of sp³-hybridized carbons (Fsp3) is 0.727. The normalized spacial score (nSPS) is 24.9. The molecule has 1 heterocycles. The van der Waals surface area contributed by atoms with Crippen LogP contribution in [0.2, 0.25) is 0 Å². The van der Waals surface area contributed by atoms with Gasteiger partial charge in [-0.05, 0) is 11.8 Å².